The van der Waals surface area contributed by atoms with Gasteiger partial charge in [-0.05, 0) is 24.4 Å². The maximum atomic E-state index is 11.9. The summed E-state index contributed by atoms with van der Waals surface area (Å²) in [6.07, 6.45) is 0.789. The van der Waals surface area contributed by atoms with Crippen molar-refractivity contribution in [2.24, 2.45) is 0 Å². The van der Waals surface area contributed by atoms with Crippen molar-refractivity contribution in [2.45, 2.75) is 6.92 Å². The van der Waals surface area contributed by atoms with E-state index >= 15 is 0 Å². The van der Waals surface area contributed by atoms with Gasteiger partial charge in [-0.15, -0.1) is 22.7 Å². The van der Waals surface area contributed by atoms with E-state index in [0.29, 0.717) is 15.3 Å². The van der Waals surface area contributed by atoms with Crippen molar-refractivity contribution in [2.75, 3.05) is 0 Å². The molecule has 0 saturated carbocycles. The molecule has 0 spiro atoms. The number of ketones is 1. The van der Waals surface area contributed by atoms with Gasteiger partial charge in [0.25, 0.3) is 0 Å². The molecule has 15 heavy (non-hydrogen) atoms. The molecule has 0 radical (unpaired) electrons. The standard InChI is InChI=1S/C11H8O2S2/c1-7-8(6-12)5-10(15-7)11(13)9-3-2-4-14-9/h2-6H,1H3. The summed E-state index contributed by atoms with van der Waals surface area (Å²) < 4.78 is 0. The summed E-state index contributed by atoms with van der Waals surface area (Å²) >= 11 is 2.79. The summed E-state index contributed by atoms with van der Waals surface area (Å²) in [5.74, 6) is 0.00574. The van der Waals surface area contributed by atoms with Crippen LogP contribution >= 0.6 is 22.7 Å². The smallest absolute Gasteiger partial charge is 0.212 e. The average Bonchev–Trinajstić information content (AvgIpc) is 2.85. The van der Waals surface area contributed by atoms with E-state index in [1.165, 1.54) is 22.7 Å². The summed E-state index contributed by atoms with van der Waals surface area (Å²) in [6.45, 7) is 1.85. The van der Waals surface area contributed by atoms with Gasteiger partial charge >= 0.3 is 0 Å². The fourth-order valence-corrected chi connectivity index (χ4v) is 2.94. The summed E-state index contributed by atoms with van der Waals surface area (Å²) in [4.78, 5) is 24.8. The summed E-state index contributed by atoms with van der Waals surface area (Å²) in [5.41, 5.74) is 0.611. The van der Waals surface area contributed by atoms with E-state index in [1.54, 1.807) is 12.1 Å². The fraction of sp³-hybridized carbons (Fsp3) is 0.0909. The second-order valence-corrected chi connectivity index (χ2v) is 5.25. The van der Waals surface area contributed by atoms with Gasteiger partial charge < -0.3 is 0 Å². The zero-order valence-corrected chi connectivity index (χ0v) is 9.65. The lowest BCUT2D eigenvalue weighted by atomic mass is 10.2. The number of thiophene rings is 2. The molecule has 76 valence electrons. The molecule has 0 atom stereocenters. The van der Waals surface area contributed by atoms with Crippen molar-refractivity contribution < 1.29 is 9.59 Å². The van der Waals surface area contributed by atoms with Crippen LogP contribution in [0, 0.1) is 6.92 Å². The Hall–Kier alpha value is -1.26. The first kappa shape index (κ1) is 10.3. The topological polar surface area (TPSA) is 34.1 Å². The molecule has 0 fully saturated rings. The van der Waals surface area contributed by atoms with E-state index in [4.69, 9.17) is 0 Å². The van der Waals surface area contributed by atoms with E-state index in [9.17, 15) is 9.59 Å². The largest absolute Gasteiger partial charge is 0.298 e. The van der Waals surface area contributed by atoms with E-state index in [1.807, 2.05) is 18.4 Å². The average molecular weight is 236 g/mol. The Bertz CT molecular complexity index is 495. The first-order chi connectivity index (χ1) is 7.22. The highest BCUT2D eigenvalue weighted by molar-refractivity contribution is 7.17. The highest BCUT2D eigenvalue weighted by Crippen LogP contribution is 2.24. The quantitative estimate of drug-likeness (QED) is 0.606. The predicted octanol–water partition coefficient (Wildman–Crippen LogP) is 3.16. The van der Waals surface area contributed by atoms with Gasteiger partial charge in [0.15, 0.2) is 6.29 Å². The van der Waals surface area contributed by atoms with Gasteiger partial charge in [-0.25, -0.2) is 0 Å². The van der Waals surface area contributed by atoms with Crippen molar-refractivity contribution in [1.82, 2.24) is 0 Å². The lowest BCUT2D eigenvalue weighted by Crippen LogP contribution is -1.94. The number of aryl methyl sites for hydroxylation is 1. The molecular weight excluding hydrogens is 228 g/mol. The van der Waals surface area contributed by atoms with Crippen LogP contribution in [0.5, 0.6) is 0 Å². The SMILES string of the molecule is Cc1sc(C(=O)c2cccs2)cc1C=O. The Balaban J connectivity index is 2.38. The summed E-state index contributed by atoms with van der Waals surface area (Å²) in [5, 5.41) is 1.87. The number of aldehydes is 1. The Kier molecular flexibility index (Phi) is 2.79. The molecule has 2 aromatic heterocycles. The highest BCUT2D eigenvalue weighted by Gasteiger charge is 2.14. The maximum Gasteiger partial charge on any atom is 0.212 e. The molecule has 0 N–H and O–H groups in total. The van der Waals surface area contributed by atoms with Crippen LogP contribution in [-0.2, 0) is 0 Å². The molecule has 2 heterocycles. The predicted molar refractivity (Wildman–Crippen MR) is 62.2 cm³/mol. The molecule has 0 aliphatic rings. The van der Waals surface area contributed by atoms with Crippen LogP contribution in [-0.4, -0.2) is 12.1 Å². The highest BCUT2D eigenvalue weighted by atomic mass is 32.1. The van der Waals surface area contributed by atoms with Gasteiger partial charge in [0.1, 0.15) is 0 Å². The molecule has 0 amide bonds. The Morgan fingerprint density at radius 1 is 1.40 bits per heavy atom. The number of rotatable bonds is 3. The van der Waals surface area contributed by atoms with Crippen LogP contribution in [0.2, 0.25) is 0 Å². The van der Waals surface area contributed by atoms with Crippen LogP contribution in [0.3, 0.4) is 0 Å². The Morgan fingerprint density at radius 3 is 2.73 bits per heavy atom. The summed E-state index contributed by atoms with van der Waals surface area (Å²) in [6, 6.07) is 5.30. The molecule has 2 aromatic rings. The van der Waals surface area contributed by atoms with E-state index in [0.717, 1.165) is 11.2 Å². The number of carbonyl (C=O) groups excluding carboxylic acids is 2. The monoisotopic (exact) mass is 236 g/mol. The molecule has 0 bridgehead atoms. The Morgan fingerprint density at radius 2 is 2.20 bits per heavy atom. The second kappa shape index (κ2) is 4.08. The molecular formula is C11H8O2S2. The molecule has 0 aliphatic heterocycles. The lowest BCUT2D eigenvalue weighted by Gasteiger charge is -1.90. The van der Waals surface area contributed by atoms with E-state index < -0.39 is 0 Å². The van der Waals surface area contributed by atoms with Crippen LogP contribution in [0.25, 0.3) is 0 Å². The number of carbonyl (C=O) groups is 2. The minimum absolute atomic E-state index is 0.00574. The first-order valence-electron chi connectivity index (χ1n) is 4.36. The zero-order chi connectivity index (χ0) is 10.8. The molecule has 0 saturated heterocycles. The van der Waals surface area contributed by atoms with Gasteiger partial charge in [0.05, 0.1) is 9.75 Å². The second-order valence-electron chi connectivity index (χ2n) is 3.05. The normalized spacial score (nSPS) is 10.2. The molecule has 0 aliphatic carbocycles. The third-order valence-corrected chi connectivity index (χ3v) is 3.99. The van der Waals surface area contributed by atoms with Gasteiger partial charge in [-0.3, -0.25) is 9.59 Å². The van der Waals surface area contributed by atoms with Crippen LogP contribution < -0.4 is 0 Å². The zero-order valence-electron chi connectivity index (χ0n) is 8.02. The maximum absolute atomic E-state index is 11.9. The number of hydrogen-bond acceptors (Lipinski definition) is 4. The fourth-order valence-electron chi connectivity index (χ4n) is 1.25. The first-order valence-corrected chi connectivity index (χ1v) is 6.06. The van der Waals surface area contributed by atoms with Crippen molar-refractivity contribution in [3.05, 3.63) is 43.8 Å². The molecule has 0 aromatic carbocycles. The van der Waals surface area contributed by atoms with Gasteiger partial charge in [0, 0.05) is 10.4 Å². The molecule has 4 heteroatoms. The Labute approximate surface area is 95.2 Å². The third kappa shape index (κ3) is 1.91. The van der Waals surface area contributed by atoms with E-state index in [-0.39, 0.29) is 5.78 Å². The van der Waals surface area contributed by atoms with Crippen LogP contribution in [0.4, 0.5) is 0 Å². The minimum atomic E-state index is 0.00574. The van der Waals surface area contributed by atoms with Crippen molar-refractivity contribution >= 4 is 34.7 Å². The van der Waals surface area contributed by atoms with Gasteiger partial charge in [-0.2, -0.15) is 0 Å². The lowest BCUT2D eigenvalue weighted by molar-refractivity contribution is 0.104. The van der Waals surface area contributed by atoms with Crippen molar-refractivity contribution in [3.8, 4) is 0 Å². The molecule has 2 nitrogen and oxygen atoms in total. The van der Waals surface area contributed by atoms with Gasteiger partial charge in [-0.1, -0.05) is 6.07 Å². The third-order valence-electron chi connectivity index (χ3n) is 2.05. The molecule has 0 unspecified atom stereocenters. The van der Waals surface area contributed by atoms with Crippen molar-refractivity contribution in [1.29, 1.82) is 0 Å². The minimum Gasteiger partial charge on any atom is -0.298 e. The van der Waals surface area contributed by atoms with Crippen LogP contribution in [0.15, 0.2) is 23.6 Å². The molecule has 2 rings (SSSR count). The number of hydrogen-bond donors (Lipinski definition) is 0. The van der Waals surface area contributed by atoms with Gasteiger partial charge in [0.2, 0.25) is 5.78 Å². The van der Waals surface area contributed by atoms with Crippen molar-refractivity contribution in [3.63, 3.8) is 0 Å². The van der Waals surface area contributed by atoms with E-state index in [2.05, 4.69) is 0 Å². The van der Waals surface area contributed by atoms with Crippen LogP contribution in [0.1, 0.15) is 29.8 Å². The summed E-state index contributed by atoms with van der Waals surface area (Å²) in [7, 11) is 0.